The van der Waals surface area contributed by atoms with Gasteiger partial charge in [-0.3, -0.25) is 0 Å². The standard InChI is InChI=1S/C16H18N4S4/c1-3-8-21-15-19-20-16(24-15)23-10-13-9-22-14(18-13)17-12-6-4-11(2)5-7-12/h4-7,9H,3,8,10H2,1-2H3,(H,17,18). The van der Waals surface area contributed by atoms with Gasteiger partial charge in [0.15, 0.2) is 13.8 Å². The number of nitrogens with one attached hydrogen (secondary N) is 1. The van der Waals surface area contributed by atoms with E-state index in [1.807, 2.05) is 0 Å². The van der Waals surface area contributed by atoms with Gasteiger partial charge in [-0.25, -0.2) is 4.98 Å². The first-order valence-corrected chi connectivity index (χ1v) is 11.3. The molecule has 0 bridgehead atoms. The average Bonchev–Trinajstić information content (AvgIpc) is 3.22. The molecule has 0 unspecified atom stereocenters. The highest BCUT2D eigenvalue weighted by atomic mass is 32.2. The molecule has 126 valence electrons. The fraction of sp³-hybridized carbons (Fsp3) is 0.312. The first-order valence-electron chi connectivity index (χ1n) is 7.60. The van der Waals surface area contributed by atoms with E-state index in [9.17, 15) is 0 Å². The largest absolute Gasteiger partial charge is 0.332 e. The van der Waals surface area contributed by atoms with Crippen LogP contribution in [0.3, 0.4) is 0 Å². The van der Waals surface area contributed by atoms with Crippen LogP contribution in [0.5, 0.6) is 0 Å². The van der Waals surface area contributed by atoms with Crippen molar-refractivity contribution in [2.75, 3.05) is 11.1 Å². The van der Waals surface area contributed by atoms with E-state index in [0.29, 0.717) is 0 Å². The summed E-state index contributed by atoms with van der Waals surface area (Å²) in [5, 5.41) is 14.8. The minimum atomic E-state index is 0.819. The van der Waals surface area contributed by atoms with Crippen molar-refractivity contribution in [3.05, 3.63) is 40.9 Å². The zero-order chi connectivity index (χ0) is 16.8. The Kier molecular flexibility index (Phi) is 6.53. The molecule has 0 atom stereocenters. The maximum atomic E-state index is 4.64. The summed E-state index contributed by atoms with van der Waals surface area (Å²) in [6.45, 7) is 4.26. The molecule has 8 heteroatoms. The van der Waals surface area contributed by atoms with Gasteiger partial charge in [0.25, 0.3) is 0 Å². The predicted molar refractivity (Wildman–Crippen MR) is 107 cm³/mol. The molecule has 3 rings (SSSR count). The smallest absolute Gasteiger partial charge is 0.187 e. The lowest BCUT2D eigenvalue weighted by Gasteiger charge is -2.02. The normalized spacial score (nSPS) is 10.9. The number of nitrogens with zero attached hydrogens (tertiary/aromatic N) is 3. The van der Waals surface area contributed by atoms with E-state index in [-0.39, 0.29) is 0 Å². The number of hydrogen-bond donors (Lipinski definition) is 1. The van der Waals surface area contributed by atoms with Gasteiger partial charge < -0.3 is 5.32 Å². The van der Waals surface area contributed by atoms with Crippen LogP contribution in [0.2, 0.25) is 0 Å². The molecule has 0 radical (unpaired) electrons. The van der Waals surface area contributed by atoms with Gasteiger partial charge in [0.1, 0.15) is 0 Å². The Morgan fingerprint density at radius 1 is 1.08 bits per heavy atom. The second kappa shape index (κ2) is 8.84. The van der Waals surface area contributed by atoms with Crippen LogP contribution >= 0.6 is 46.2 Å². The van der Waals surface area contributed by atoms with Gasteiger partial charge in [-0.05, 0) is 25.5 Å². The fourth-order valence-electron chi connectivity index (χ4n) is 1.83. The zero-order valence-electron chi connectivity index (χ0n) is 13.5. The highest BCUT2D eigenvalue weighted by Gasteiger charge is 2.08. The van der Waals surface area contributed by atoms with Crippen molar-refractivity contribution in [1.29, 1.82) is 0 Å². The molecule has 0 saturated heterocycles. The van der Waals surface area contributed by atoms with Gasteiger partial charge in [-0.1, -0.05) is 59.5 Å². The number of aryl methyl sites for hydroxylation is 1. The van der Waals surface area contributed by atoms with Crippen LogP contribution in [0.4, 0.5) is 10.8 Å². The molecular weight excluding hydrogens is 376 g/mol. The molecular formula is C16H18N4S4. The van der Waals surface area contributed by atoms with E-state index < -0.39 is 0 Å². The number of thioether (sulfide) groups is 2. The third-order valence-electron chi connectivity index (χ3n) is 3.02. The molecule has 3 aromatic rings. The van der Waals surface area contributed by atoms with Gasteiger partial charge in [0.2, 0.25) is 0 Å². The topological polar surface area (TPSA) is 50.7 Å². The van der Waals surface area contributed by atoms with Gasteiger partial charge >= 0.3 is 0 Å². The molecule has 0 aliphatic carbocycles. The lowest BCUT2D eigenvalue weighted by molar-refractivity contribution is 0.952. The Morgan fingerprint density at radius 3 is 2.58 bits per heavy atom. The molecule has 2 aromatic heterocycles. The average molecular weight is 395 g/mol. The minimum absolute atomic E-state index is 0.819. The number of aromatic nitrogens is 3. The molecule has 0 aliphatic rings. The van der Waals surface area contributed by atoms with Crippen LogP contribution in [0.25, 0.3) is 0 Å². The lowest BCUT2D eigenvalue weighted by atomic mass is 10.2. The summed E-state index contributed by atoms with van der Waals surface area (Å²) in [5.74, 6) is 1.92. The summed E-state index contributed by atoms with van der Waals surface area (Å²) in [4.78, 5) is 4.64. The van der Waals surface area contributed by atoms with E-state index in [0.717, 1.165) is 43.1 Å². The molecule has 0 spiro atoms. The van der Waals surface area contributed by atoms with Crippen molar-refractivity contribution < 1.29 is 0 Å². The summed E-state index contributed by atoms with van der Waals surface area (Å²) in [7, 11) is 0. The fourth-order valence-corrected chi connectivity index (χ4v) is 5.50. The SMILES string of the molecule is CCCSc1nnc(SCc2csc(Nc3ccc(C)cc3)n2)s1. The van der Waals surface area contributed by atoms with Crippen molar-refractivity contribution in [2.45, 2.75) is 34.7 Å². The van der Waals surface area contributed by atoms with Crippen molar-refractivity contribution in [3.63, 3.8) is 0 Å². The van der Waals surface area contributed by atoms with Crippen molar-refractivity contribution in [2.24, 2.45) is 0 Å². The van der Waals surface area contributed by atoms with Crippen LogP contribution in [-0.4, -0.2) is 20.9 Å². The molecule has 2 heterocycles. The Hall–Kier alpha value is -1.09. The number of benzene rings is 1. The van der Waals surface area contributed by atoms with E-state index >= 15 is 0 Å². The van der Waals surface area contributed by atoms with Gasteiger partial charge in [-0.15, -0.1) is 21.5 Å². The monoisotopic (exact) mass is 394 g/mol. The van der Waals surface area contributed by atoms with E-state index in [4.69, 9.17) is 0 Å². The van der Waals surface area contributed by atoms with E-state index in [1.165, 1.54) is 5.56 Å². The van der Waals surface area contributed by atoms with Gasteiger partial charge in [-0.2, -0.15) is 0 Å². The molecule has 0 saturated carbocycles. The summed E-state index contributed by atoms with van der Waals surface area (Å²) in [6.07, 6.45) is 1.16. The molecule has 1 N–H and O–H groups in total. The van der Waals surface area contributed by atoms with E-state index in [1.54, 1.807) is 46.2 Å². The maximum absolute atomic E-state index is 4.64. The van der Waals surface area contributed by atoms with Gasteiger partial charge in [0.05, 0.1) is 5.69 Å². The minimum Gasteiger partial charge on any atom is -0.332 e. The summed E-state index contributed by atoms with van der Waals surface area (Å²) in [5.41, 5.74) is 3.39. The van der Waals surface area contributed by atoms with Crippen LogP contribution < -0.4 is 5.32 Å². The van der Waals surface area contributed by atoms with Crippen molar-refractivity contribution in [3.8, 4) is 0 Å². The van der Waals surface area contributed by atoms with Crippen LogP contribution in [0.15, 0.2) is 38.3 Å². The highest BCUT2D eigenvalue weighted by Crippen LogP contribution is 2.31. The highest BCUT2D eigenvalue weighted by molar-refractivity contribution is 8.02. The van der Waals surface area contributed by atoms with Crippen molar-refractivity contribution in [1.82, 2.24) is 15.2 Å². The molecule has 0 fully saturated rings. The number of rotatable bonds is 8. The number of thiazole rings is 1. The Balaban J connectivity index is 1.52. The van der Waals surface area contributed by atoms with Crippen LogP contribution in [0.1, 0.15) is 24.6 Å². The number of anilines is 2. The lowest BCUT2D eigenvalue weighted by Crippen LogP contribution is -1.90. The maximum Gasteiger partial charge on any atom is 0.187 e. The Bertz CT molecular complexity index is 766. The van der Waals surface area contributed by atoms with Crippen LogP contribution in [-0.2, 0) is 5.75 Å². The Labute approximate surface area is 158 Å². The zero-order valence-corrected chi connectivity index (χ0v) is 16.7. The summed E-state index contributed by atoms with van der Waals surface area (Å²) in [6, 6.07) is 8.33. The predicted octanol–water partition coefficient (Wildman–Crippen LogP) is 5.84. The molecule has 1 aromatic carbocycles. The first-order chi connectivity index (χ1) is 11.7. The summed E-state index contributed by atoms with van der Waals surface area (Å²) >= 11 is 6.77. The molecule has 4 nitrogen and oxygen atoms in total. The summed E-state index contributed by atoms with van der Waals surface area (Å²) < 4.78 is 2.06. The second-order valence-electron chi connectivity index (χ2n) is 5.11. The van der Waals surface area contributed by atoms with Crippen LogP contribution in [0, 0.1) is 6.92 Å². The molecule has 0 aliphatic heterocycles. The number of hydrogen-bond acceptors (Lipinski definition) is 8. The quantitative estimate of drug-likeness (QED) is 0.484. The van der Waals surface area contributed by atoms with Gasteiger partial charge in [0, 0.05) is 22.6 Å². The third-order valence-corrected chi connectivity index (χ3v) is 7.25. The second-order valence-corrected chi connectivity index (χ2v) is 9.51. The third kappa shape index (κ3) is 5.20. The molecule has 24 heavy (non-hydrogen) atoms. The first kappa shape index (κ1) is 17.7. The Morgan fingerprint density at radius 2 is 1.83 bits per heavy atom. The van der Waals surface area contributed by atoms with Crippen molar-refractivity contribution >= 4 is 57.0 Å². The van der Waals surface area contributed by atoms with E-state index in [2.05, 4.69) is 64.0 Å². The molecule has 0 amide bonds.